The standard InChI is InChI=1S/C16H21F2N5O2/c1-24-11-6-5-10(9-12(11)25-13(17)18)23-15(20)21-14(19)22-16(23)7-3-2-4-8-16/h5-6,9,13H,2-4,7-8H2,1H3,(H4,19,20,21,22). The van der Waals surface area contributed by atoms with E-state index in [1.807, 2.05) is 0 Å². The third kappa shape index (κ3) is 3.31. The fourth-order valence-corrected chi connectivity index (χ4v) is 3.49. The molecule has 1 spiro atoms. The zero-order chi connectivity index (χ0) is 18.0. The zero-order valence-corrected chi connectivity index (χ0v) is 13.9. The van der Waals surface area contributed by atoms with Crippen LogP contribution in [0.1, 0.15) is 32.1 Å². The summed E-state index contributed by atoms with van der Waals surface area (Å²) in [5, 5.41) is 0. The van der Waals surface area contributed by atoms with Crippen molar-refractivity contribution < 1.29 is 18.3 Å². The van der Waals surface area contributed by atoms with Gasteiger partial charge in [-0.1, -0.05) is 6.42 Å². The number of hydrogen-bond donors (Lipinski definition) is 2. The second-order valence-electron chi connectivity index (χ2n) is 6.03. The highest BCUT2D eigenvalue weighted by atomic mass is 19.3. The van der Waals surface area contributed by atoms with E-state index in [0.717, 1.165) is 32.1 Å². The van der Waals surface area contributed by atoms with E-state index >= 15 is 0 Å². The van der Waals surface area contributed by atoms with Crippen molar-refractivity contribution in [3.05, 3.63) is 18.2 Å². The van der Waals surface area contributed by atoms with Crippen molar-refractivity contribution in [2.45, 2.75) is 44.4 Å². The minimum absolute atomic E-state index is 0.0729. The van der Waals surface area contributed by atoms with E-state index in [4.69, 9.17) is 16.2 Å². The predicted molar refractivity (Wildman–Crippen MR) is 91.2 cm³/mol. The number of guanidine groups is 2. The van der Waals surface area contributed by atoms with Crippen LogP contribution < -0.4 is 25.8 Å². The summed E-state index contributed by atoms with van der Waals surface area (Å²) < 4.78 is 35.1. The van der Waals surface area contributed by atoms with E-state index in [1.165, 1.54) is 13.2 Å². The molecular weight excluding hydrogens is 332 g/mol. The van der Waals surface area contributed by atoms with E-state index in [9.17, 15) is 8.78 Å². The van der Waals surface area contributed by atoms with Gasteiger partial charge in [-0.05, 0) is 37.8 Å². The number of halogens is 2. The molecular formula is C16H21F2N5O2. The first-order valence-corrected chi connectivity index (χ1v) is 8.08. The molecule has 1 aromatic carbocycles. The molecule has 1 saturated carbocycles. The van der Waals surface area contributed by atoms with Crippen LogP contribution in [-0.4, -0.2) is 31.3 Å². The first-order chi connectivity index (χ1) is 11.9. The van der Waals surface area contributed by atoms with Crippen LogP contribution in [0, 0.1) is 0 Å². The molecule has 136 valence electrons. The van der Waals surface area contributed by atoms with Crippen molar-refractivity contribution in [1.29, 1.82) is 0 Å². The molecule has 2 aliphatic rings. The summed E-state index contributed by atoms with van der Waals surface area (Å²) >= 11 is 0. The van der Waals surface area contributed by atoms with Gasteiger partial charge in [-0.2, -0.15) is 13.8 Å². The van der Waals surface area contributed by atoms with Gasteiger partial charge in [-0.25, -0.2) is 4.99 Å². The molecule has 25 heavy (non-hydrogen) atoms. The summed E-state index contributed by atoms with van der Waals surface area (Å²) in [7, 11) is 1.39. The first-order valence-electron chi connectivity index (χ1n) is 8.08. The summed E-state index contributed by atoms with van der Waals surface area (Å²) in [6.07, 6.45) is 4.54. The smallest absolute Gasteiger partial charge is 0.387 e. The SMILES string of the molecule is COc1ccc(N2C(N)=NC(N)=NC23CCCCC3)cc1OC(F)F. The van der Waals surface area contributed by atoms with Gasteiger partial charge in [0.25, 0.3) is 0 Å². The molecule has 1 fully saturated rings. The normalized spacial score (nSPS) is 19.6. The molecule has 0 atom stereocenters. The third-order valence-electron chi connectivity index (χ3n) is 4.47. The number of alkyl halides is 2. The largest absolute Gasteiger partial charge is 0.493 e. The van der Waals surface area contributed by atoms with E-state index in [0.29, 0.717) is 5.69 Å². The Morgan fingerprint density at radius 3 is 2.52 bits per heavy atom. The Hall–Kier alpha value is -2.58. The van der Waals surface area contributed by atoms with Crippen molar-refractivity contribution in [3.8, 4) is 11.5 Å². The van der Waals surface area contributed by atoms with Gasteiger partial charge in [0.05, 0.1) is 12.8 Å². The monoisotopic (exact) mass is 353 g/mol. The average Bonchev–Trinajstić information content (AvgIpc) is 2.54. The lowest BCUT2D eigenvalue weighted by atomic mass is 9.87. The molecule has 9 heteroatoms. The quantitative estimate of drug-likeness (QED) is 0.866. The fourth-order valence-electron chi connectivity index (χ4n) is 3.49. The van der Waals surface area contributed by atoms with Gasteiger partial charge in [0.15, 0.2) is 11.5 Å². The molecule has 7 nitrogen and oxygen atoms in total. The van der Waals surface area contributed by atoms with Gasteiger partial charge < -0.3 is 20.9 Å². The van der Waals surface area contributed by atoms with Crippen molar-refractivity contribution in [2.24, 2.45) is 21.5 Å². The van der Waals surface area contributed by atoms with Gasteiger partial charge in [0, 0.05) is 6.07 Å². The van der Waals surface area contributed by atoms with Crippen LogP contribution in [0.2, 0.25) is 0 Å². The number of hydrogen-bond acceptors (Lipinski definition) is 7. The molecule has 4 N–H and O–H groups in total. The van der Waals surface area contributed by atoms with Crippen LogP contribution in [0.5, 0.6) is 11.5 Å². The van der Waals surface area contributed by atoms with Gasteiger partial charge in [-0.3, -0.25) is 4.90 Å². The Bertz CT molecular complexity index is 702. The van der Waals surface area contributed by atoms with Crippen LogP contribution in [-0.2, 0) is 0 Å². The zero-order valence-electron chi connectivity index (χ0n) is 13.9. The number of benzene rings is 1. The molecule has 0 radical (unpaired) electrons. The molecule has 1 aliphatic carbocycles. The number of methoxy groups -OCH3 is 1. The molecule has 0 unspecified atom stereocenters. The topological polar surface area (TPSA) is 98.5 Å². The Morgan fingerprint density at radius 1 is 1.16 bits per heavy atom. The maximum Gasteiger partial charge on any atom is 0.387 e. The number of rotatable bonds is 4. The van der Waals surface area contributed by atoms with Gasteiger partial charge in [-0.15, -0.1) is 0 Å². The number of nitrogens with two attached hydrogens (primary N) is 2. The lowest BCUT2D eigenvalue weighted by molar-refractivity contribution is -0.0511. The minimum atomic E-state index is -2.96. The fraction of sp³-hybridized carbons (Fsp3) is 0.500. The second kappa shape index (κ2) is 6.73. The third-order valence-corrected chi connectivity index (χ3v) is 4.47. The van der Waals surface area contributed by atoms with Gasteiger partial charge in [0.2, 0.25) is 11.9 Å². The van der Waals surface area contributed by atoms with Crippen molar-refractivity contribution in [1.82, 2.24) is 0 Å². The molecule has 0 saturated heterocycles. The lowest BCUT2D eigenvalue weighted by Crippen LogP contribution is -2.58. The number of ether oxygens (including phenoxy) is 2. The van der Waals surface area contributed by atoms with E-state index in [1.54, 1.807) is 17.0 Å². The summed E-state index contributed by atoms with van der Waals surface area (Å²) in [4.78, 5) is 10.3. The maximum atomic E-state index is 12.7. The van der Waals surface area contributed by atoms with Crippen LogP contribution in [0.25, 0.3) is 0 Å². The highest BCUT2D eigenvalue weighted by Crippen LogP contribution is 2.42. The van der Waals surface area contributed by atoms with Gasteiger partial charge in [0.1, 0.15) is 5.66 Å². The minimum Gasteiger partial charge on any atom is -0.493 e. The molecule has 0 aromatic heterocycles. The average molecular weight is 353 g/mol. The number of anilines is 1. The van der Waals surface area contributed by atoms with E-state index in [-0.39, 0.29) is 23.4 Å². The van der Waals surface area contributed by atoms with Crippen molar-refractivity contribution in [3.63, 3.8) is 0 Å². The van der Waals surface area contributed by atoms with Gasteiger partial charge >= 0.3 is 6.61 Å². The van der Waals surface area contributed by atoms with Crippen molar-refractivity contribution >= 4 is 17.6 Å². The molecule has 1 aliphatic heterocycles. The molecule has 1 aromatic rings. The Morgan fingerprint density at radius 2 is 1.88 bits per heavy atom. The van der Waals surface area contributed by atoms with Crippen molar-refractivity contribution in [2.75, 3.05) is 12.0 Å². The number of aliphatic imine (C=N–C) groups is 2. The molecule has 3 rings (SSSR count). The summed E-state index contributed by atoms with van der Waals surface area (Å²) in [6.45, 7) is -2.96. The maximum absolute atomic E-state index is 12.7. The summed E-state index contributed by atoms with van der Waals surface area (Å²) in [5.41, 5.74) is 11.9. The highest BCUT2D eigenvalue weighted by Gasteiger charge is 2.42. The second-order valence-corrected chi connectivity index (χ2v) is 6.03. The van der Waals surface area contributed by atoms with E-state index in [2.05, 4.69) is 14.7 Å². The lowest BCUT2D eigenvalue weighted by Gasteiger charge is -2.45. The van der Waals surface area contributed by atoms with Crippen LogP contribution in [0.4, 0.5) is 14.5 Å². The molecule has 0 bridgehead atoms. The molecule has 0 amide bonds. The predicted octanol–water partition coefficient (Wildman–Crippen LogP) is 2.41. The Labute approximate surface area is 144 Å². The summed E-state index contributed by atoms with van der Waals surface area (Å²) in [5.74, 6) is 0.448. The highest BCUT2D eigenvalue weighted by molar-refractivity contribution is 6.05. The van der Waals surface area contributed by atoms with Crippen LogP contribution in [0.3, 0.4) is 0 Å². The summed E-state index contributed by atoms with van der Waals surface area (Å²) in [6, 6.07) is 4.73. The number of nitrogens with zero attached hydrogens (tertiary/aromatic N) is 3. The Kier molecular flexibility index (Phi) is 4.65. The first kappa shape index (κ1) is 17.2. The Balaban J connectivity index is 2.05. The van der Waals surface area contributed by atoms with Crippen LogP contribution in [0.15, 0.2) is 28.2 Å². The van der Waals surface area contributed by atoms with E-state index < -0.39 is 12.3 Å². The van der Waals surface area contributed by atoms with Crippen LogP contribution >= 0.6 is 0 Å². The molecule has 1 heterocycles.